The van der Waals surface area contributed by atoms with Crippen molar-refractivity contribution in [3.05, 3.63) is 35.6 Å². The first-order valence-electron chi connectivity index (χ1n) is 9.29. The first-order chi connectivity index (χ1) is 11.0. The van der Waals surface area contributed by atoms with Crippen LogP contribution in [0.15, 0.2) is 24.3 Å². The van der Waals surface area contributed by atoms with Crippen molar-refractivity contribution >= 4 is 0 Å². The van der Waals surface area contributed by atoms with Gasteiger partial charge in [-0.05, 0) is 56.7 Å². The lowest BCUT2D eigenvalue weighted by molar-refractivity contribution is -0.0343. The zero-order valence-electron chi connectivity index (χ0n) is 15.5. The molecular weight excluding hydrogens is 287 g/mol. The van der Waals surface area contributed by atoms with Crippen molar-refractivity contribution < 1.29 is 9.13 Å². The van der Waals surface area contributed by atoms with E-state index < -0.39 is 0 Å². The quantitative estimate of drug-likeness (QED) is 0.396. The average Bonchev–Trinajstić information content (AvgIpc) is 2.54. The van der Waals surface area contributed by atoms with Crippen molar-refractivity contribution in [1.29, 1.82) is 0 Å². The summed E-state index contributed by atoms with van der Waals surface area (Å²) in [6.07, 6.45) is 11.3. The van der Waals surface area contributed by atoms with E-state index in [4.69, 9.17) is 4.74 Å². The van der Waals surface area contributed by atoms with Crippen LogP contribution < -0.4 is 0 Å². The highest BCUT2D eigenvalue weighted by Gasteiger charge is 2.28. The first kappa shape index (κ1) is 20.2. The number of aryl methyl sites for hydroxylation is 1. The highest BCUT2D eigenvalue weighted by molar-refractivity contribution is 5.16. The van der Waals surface area contributed by atoms with Crippen LogP contribution in [0.4, 0.5) is 4.39 Å². The highest BCUT2D eigenvalue weighted by atomic mass is 19.1. The maximum atomic E-state index is 13.0. The van der Waals surface area contributed by atoms with Crippen molar-refractivity contribution in [3.8, 4) is 0 Å². The van der Waals surface area contributed by atoms with E-state index in [0.29, 0.717) is 5.92 Å². The molecule has 0 radical (unpaired) electrons. The fraction of sp³-hybridized carbons (Fsp3) is 0.714. The van der Waals surface area contributed by atoms with Crippen LogP contribution in [0.25, 0.3) is 0 Å². The summed E-state index contributed by atoms with van der Waals surface area (Å²) in [5.41, 5.74) is 1.12. The third-order valence-electron chi connectivity index (χ3n) is 5.11. The average molecular weight is 323 g/mol. The number of hydrogen-bond acceptors (Lipinski definition) is 1. The first-order valence-corrected chi connectivity index (χ1v) is 9.29. The Balaban J connectivity index is 2.44. The van der Waals surface area contributed by atoms with Crippen LogP contribution in [-0.4, -0.2) is 12.7 Å². The summed E-state index contributed by atoms with van der Waals surface area (Å²) in [6, 6.07) is 6.91. The number of ether oxygens (including phenoxy) is 1. The molecule has 0 bridgehead atoms. The van der Waals surface area contributed by atoms with Gasteiger partial charge in [-0.2, -0.15) is 0 Å². The van der Waals surface area contributed by atoms with Crippen molar-refractivity contribution in [2.24, 2.45) is 5.92 Å². The van der Waals surface area contributed by atoms with Gasteiger partial charge in [-0.3, -0.25) is 0 Å². The molecule has 0 N–H and O–H groups in total. The molecule has 1 unspecified atom stereocenters. The third-order valence-corrected chi connectivity index (χ3v) is 5.11. The smallest absolute Gasteiger partial charge is 0.123 e. The molecule has 1 atom stereocenters. The molecule has 0 saturated carbocycles. The molecule has 132 valence electrons. The molecule has 0 spiro atoms. The molecule has 1 aromatic rings. The van der Waals surface area contributed by atoms with Gasteiger partial charge < -0.3 is 4.74 Å². The Morgan fingerprint density at radius 3 is 2.17 bits per heavy atom. The molecule has 1 rings (SSSR count). The van der Waals surface area contributed by atoms with E-state index in [-0.39, 0.29) is 11.4 Å². The number of rotatable bonds is 12. The summed E-state index contributed by atoms with van der Waals surface area (Å²) in [5, 5.41) is 0. The van der Waals surface area contributed by atoms with Gasteiger partial charge in [-0.25, -0.2) is 4.39 Å². The minimum Gasteiger partial charge on any atom is -0.379 e. The molecular formula is C21H35FO. The molecule has 0 aromatic heterocycles. The summed E-state index contributed by atoms with van der Waals surface area (Å²) >= 11 is 0. The van der Waals surface area contributed by atoms with Crippen LogP contribution >= 0.6 is 0 Å². The van der Waals surface area contributed by atoms with Gasteiger partial charge >= 0.3 is 0 Å². The van der Waals surface area contributed by atoms with E-state index in [1.54, 1.807) is 12.1 Å². The van der Waals surface area contributed by atoms with Crippen molar-refractivity contribution in [2.45, 2.75) is 84.2 Å². The van der Waals surface area contributed by atoms with Crippen LogP contribution in [0, 0.1) is 11.7 Å². The molecule has 1 aromatic carbocycles. The number of benzene rings is 1. The topological polar surface area (TPSA) is 9.23 Å². The predicted molar refractivity (Wildman–Crippen MR) is 97.3 cm³/mol. The Morgan fingerprint density at radius 2 is 1.57 bits per heavy atom. The van der Waals surface area contributed by atoms with E-state index in [1.807, 2.05) is 19.2 Å². The predicted octanol–water partition coefficient (Wildman–Crippen LogP) is 6.55. The van der Waals surface area contributed by atoms with Crippen LogP contribution in [0.3, 0.4) is 0 Å². The lowest BCUT2D eigenvalue weighted by Gasteiger charge is -2.33. The van der Waals surface area contributed by atoms with Gasteiger partial charge in [0, 0.05) is 7.11 Å². The minimum absolute atomic E-state index is 0.0938. The van der Waals surface area contributed by atoms with Crippen molar-refractivity contribution in [3.63, 3.8) is 0 Å². The number of unbranched alkanes of at least 4 members (excludes halogenated alkanes) is 5. The van der Waals surface area contributed by atoms with E-state index >= 15 is 0 Å². The SMILES string of the molecule is CCCCCCCCC(CCc1ccc(F)cc1)C(C)(C)OC. The molecule has 1 nitrogen and oxygen atoms in total. The van der Waals surface area contributed by atoms with Crippen LogP contribution in [0.5, 0.6) is 0 Å². The molecule has 0 aliphatic heterocycles. The molecule has 23 heavy (non-hydrogen) atoms. The van der Waals surface area contributed by atoms with Gasteiger partial charge in [0.15, 0.2) is 0 Å². The molecule has 0 heterocycles. The second-order valence-electron chi connectivity index (χ2n) is 7.23. The monoisotopic (exact) mass is 322 g/mol. The maximum absolute atomic E-state index is 13.0. The second-order valence-corrected chi connectivity index (χ2v) is 7.23. The number of methoxy groups -OCH3 is 1. The summed E-state index contributed by atoms with van der Waals surface area (Å²) in [7, 11) is 1.81. The maximum Gasteiger partial charge on any atom is 0.123 e. The summed E-state index contributed by atoms with van der Waals surface area (Å²) in [5.74, 6) is 0.387. The summed E-state index contributed by atoms with van der Waals surface area (Å²) in [4.78, 5) is 0. The minimum atomic E-state index is -0.158. The van der Waals surface area contributed by atoms with Crippen LogP contribution in [0.2, 0.25) is 0 Å². The molecule has 0 fully saturated rings. The van der Waals surface area contributed by atoms with Gasteiger partial charge in [0.25, 0.3) is 0 Å². The Kier molecular flexibility index (Phi) is 9.47. The summed E-state index contributed by atoms with van der Waals surface area (Å²) < 4.78 is 18.7. The van der Waals surface area contributed by atoms with Gasteiger partial charge in [-0.15, -0.1) is 0 Å². The zero-order valence-corrected chi connectivity index (χ0v) is 15.5. The lowest BCUT2D eigenvalue weighted by atomic mass is 9.82. The molecule has 0 aliphatic rings. The Labute approximate surface area is 142 Å². The molecule has 0 aliphatic carbocycles. The number of halogens is 1. The lowest BCUT2D eigenvalue weighted by Crippen LogP contribution is -2.33. The number of hydrogen-bond donors (Lipinski definition) is 0. The molecule has 0 saturated heterocycles. The molecule has 0 amide bonds. The van der Waals surface area contributed by atoms with Gasteiger partial charge in [-0.1, -0.05) is 57.6 Å². The van der Waals surface area contributed by atoms with E-state index in [2.05, 4.69) is 20.8 Å². The second kappa shape index (κ2) is 10.8. The van der Waals surface area contributed by atoms with Gasteiger partial charge in [0.05, 0.1) is 5.60 Å². The Bertz CT molecular complexity index is 410. The van der Waals surface area contributed by atoms with E-state index in [9.17, 15) is 4.39 Å². The standard InChI is InChI=1S/C21H35FO/c1-5-6-7-8-9-10-11-19(21(2,3)23-4)15-12-18-13-16-20(22)17-14-18/h13-14,16-17,19H,5-12,15H2,1-4H3. The fourth-order valence-electron chi connectivity index (χ4n) is 3.17. The normalized spacial score (nSPS) is 13.3. The molecule has 2 heteroatoms. The highest BCUT2D eigenvalue weighted by Crippen LogP contribution is 2.30. The van der Waals surface area contributed by atoms with Crippen LogP contribution in [0.1, 0.15) is 77.7 Å². The van der Waals surface area contributed by atoms with E-state index in [1.165, 1.54) is 50.5 Å². The third kappa shape index (κ3) is 7.97. The Morgan fingerprint density at radius 1 is 0.957 bits per heavy atom. The van der Waals surface area contributed by atoms with E-state index in [0.717, 1.165) is 12.8 Å². The van der Waals surface area contributed by atoms with Crippen molar-refractivity contribution in [1.82, 2.24) is 0 Å². The van der Waals surface area contributed by atoms with Crippen molar-refractivity contribution in [2.75, 3.05) is 7.11 Å². The van der Waals surface area contributed by atoms with Gasteiger partial charge in [0.2, 0.25) is 0 Å². The zero-order chi connectivity index (χ0) is 17.1. The van der Waals surface area contributed by atoms with Crippen LogP contribution in [-0.2, 0) is 11.2 Å². The summed E-state index contributed by atoms with van der Waals surface area (Å²) in [6.45, 7) is 6.64. The van der Waals surface area contributed by atoms with Gasteiger partial charge in [0.1, 0.15) is 5.82 Å². The largest absolute Gasteiger partial charge is 0.379 e. The fourth-order valence-corrected chi connectivity index (χ4v) is 3.17. The Hall–Kier alpha value is -0.890.